The van der Waals surface area contributed by atoms with Gasteiger partial charge in [-0.2, -0.15) is 0 Å². The van der Waals surface area contributed by atoms with Crippen molar-refractivity contribution in [3.05, 3.63) is 59.7 Å². The molecule has 2 N–H and O–H groups in total. The van der Waals surface area contributed by atoms with Gasteiger partial charge in [-0.15, -0.1) is 0 Å². The van der Waals surface area contributed by atoms with Crippen molar-refractivity contribution in [1.29, 1.82) is 0 Å². The number of rotatable bonds is 5. The van der Waals surface area contributed by atoms with Crippen LogP contribution in [0.25, 0.3) is 11.1 Å². The Hall–Kier alpha value is -3.35. The van der Waals surface area contributed by atoms with Crippen LogP contribution in [0.2, 0.25) is 0 Å². The molecule has 7 nitrogen and oxygen atoms in total. The quantitative estimate of drug-likeness (QED) is 0.793. The lowest BCUT2D eigenvalue weighted by molar-refractivity contribution is -0.141. The molecule has 1 saturated heterocycles. The molecule has 2 aromatic carbocycles. The molecule has 0 saturated carbocycles. The maximum atomic E-state index is 12.8. The Morgan fingerprint density at radius 1 is 1.10 bits per heavy atom. The third-order valence-corrected chi connectivity index (χ3v) is 5.86. The van der Waals surface area contributed by atoms with Gasteiger partial charge in [0.25, 0.3) is 0 Å². The number of hydrogen-bond acceptors (Lipinski definition) is 4. The Morgan fingerprint density at radius 2 is 1.70 bits per heavy atom. The minimum atomic E-state index is -1.12. The summed E-state index contributed by atoms with van der Waals surface area (Å²) in [5.41, 5.74) is 4.54. The molecule has 156 valence electrons. The number of hydrogen-bond donors (Lipinski definition) is 2. The number of aliphatic carboxylic acids is 1. The van der Waals surface area contributed by atoms with Crippen LogP contribution < -0.4 is 5.32 Å². The van der Waals surface area contributed by atoms with Gasteiger partial charge < -0.3 is 15.2 Å². The summed E-state index contributed by atoms with van der Waals surface area (Å²) in [6.07, 6.45) is 0.615. The molecule has 1 heterocycles. The number of carboxylic acid groups (broad SMARTS) is 1. The first-order chi connectivity index (χ1) is 14.5. The van der Waals surface area contributed by atoms with Crippen LogP contribution in [0.3, 0.4) is 0 Å². The molecule has 1 aliphatic carbocycles. The van der Waals surface area contributed by atoms with Crippen LogP contribution in [0, 0.1) is 0 Å². The Kier molecular flexibility index (Phi) is 5.44. The van der Waals surface area contributed by atoms with Gasteiger partial charge in [-0.3, -0.25) is 14.5 Å². The van der Waals surface area contributed by atoms with Crippen molar-refractivity contribution < 1.29 is 24.2 Å². The number of nitrogens with one attached hydrogen (secondary N) is 1. The molecule has 0 aromatic heterocycles. The highest BCUT2D eigenvalue weighted by Crippen LogP contribution is 2.44. The monoisotopic (exact) mass is 408 g/mol. The largest absolute Gasteiger partial charge is 0.480 e. The van der Waals surface area contributed by atoms with Gasteiger partial charge in [0, 0.05) is 12.5 Å². The van der Waals surface area contributed by atoms with Gasteiger partial charge in [0.1, 0.15) is 18.7 Å². The van der Waals surface area contributed by atoms with Crippen molar-refractivity contribution in [1.82, 2.24) is 10.2 Å². The maximum Gasteiger partial charge on any atom is 0.410 e. The fourth-order valence-corrected chi connectivity index (χ4v) is 4.31. The number of carbonyl (C=O) groups excluding carboxylic acids is 2. The number of carboxylic acids is 1. The zero-order chi connectivity index (χ0) is 21.3. The van der Waals surface area contributed by atoms with E-state index in [1.165, 1.54) is 11.8 Å². The number of ether oxygens (including phenoxy) is 1. The molecule has 1 aliphatic heterocycles. The molecule has 0 radical (unpaired) electrons. The van der Waals surface area contributed by atoms with E-state index in [0.29, 0.717) is 19.4 Å². The maximum absolute atomic E-state index is 12.8. The van der Waals surface area contributed by atoms with E-state index in [9.17, 15) is 14.4 Å². The second-order valence-corrected chi connectivity index (χ2v) is 7.72. The van der Waals surface area contributed by atoms with Gasteiger partial charge in [0.2, 0.25) is 5.91 Å². The molecule has 1 fully saturated rings. The minimum absolute atomic E-state index is 0.0525. The highest BCUT2D eigenvalue weighted by atomic mass is 16.6. The third-order valence-electron chi connectivity index (χ3n) is 5.86. The summed E-state index contributed by atoms with van der Waals surface area (Å²) in [4.78, 5) is 37.6. The van der Waals surface area contributed by atoms with Crippen LogP contribution >= 0.6 is 0 Å². The van der Waals surface area contributed by atoms with Crippen LogP contribution in [-0.2, 0) is 14.3 Å². The molecular formula is C23H24N2O5. The Bertz CT molecular complexity index is 944. The lowest BCUT2D eigenvalue weighted by Gasteiger charge is -2.25. The molecule has 2 atom stereocenters. The molecule has 0 bridgehead atoms. The van der Waals surface area contributed by atoms with Crippen molar-refractivity contribution in [2.75, 3.05) is 13.2 Å². The predicted molar refractivity (Wildman–Crippen MR) is 110 cm³/mol. The first-order valence-corrected chi connectivity index (χ1v) is 10.1. The minimum Gasteiger partial charge on any atom is -0.480 e. The van der Waals surface area contributed by atoms with E-state index in [4.69, 9.17) is 9.84 Å². The smallest absolute Gasteiger partial charge is 0.410 e. The van der Waals surface area contributed by atoms with E-state index in [0.717, 1.165) is 22.3 Å². The van der Waals surface area contributed by atoms with E-state index in [2.05, 4.69) is 17.4 Å². The van der Waals surface area contributed by atoms with Crippen molar-refractivity contribution in [3.8, 4) is 11.1 Å². The number of benzene rings is 2. The number of nitrogens with zero attached hydrogens (tertiary/aromatic N) is 1. The van der Waals surface area contributed by atoms with Crippen LogP contribution in [0.5, 0.6) is 0 Å². The zero-order valence-corrected chi connectivity index (χ0v) is 16.7. The summed E-state index contributed by atoms with van der Waals surface area (Å²) in [7, 11) is 0. The summed E-state index contributed by atoms with van der Waals surface area (Å²) in [6.45, 7) is 1.99. The Morgan fingerprint density at radius 3 is 2.30 bits per heavy atom. The molecule has 0 spiro atoms. The van der Waals surface area contributed by atoms with Crippen molar-refractivity contribution in [2.45, 2.75) is 37.8 Å². The lowest BCUT2D eigenvalue weighted by Crippen LogP contribution is -2.50. The zero-order valence-electron chi connectivity index (χ0n) is 16.7. The average molecular weight is 408 g/mol. The van der Waals surface area contributed by atoms with Gasteiger partial charge in [-0.1, -0.05) is 48.5 Å². The van der Waals surface area contributed by atoms with Crippen LogP contribution in [0.4, 0.5) is 4.79 Å². The number of likely N-dealkylation sites (tertiary alicyclic amines) is 1. The van der Waals surface area contributed by atoms with Gasteiger partial charge in [0.05, 0.1) is 0 Å². The van der Waals surface area contributed by atoms with Crippen molar-refractivity contribution in [2.24, 2.45) is 0 Å². The highest BCUT2D eigenvalue weighted by molar-refractivity contribution is 5.89. The van der Waals surface area contributed by atoms with Gasteiger partial charge in [0.15, 0.2) is 0 Å². The first-order valence-electron chi connectivity index (χ1n) is 10.1. The van der Waals surface area contributed by atoms with Crippen LogP contribution in [-0.4, -0.2) is 53.2 Å². The first kappa shape index (κ1) is 19.9. The fraction of sp³-hybridized carbons (Fsp3) is 0.348. The normalized spacial score (nSPS) is 18.4. The summed E-state index contributed by atoms with van der Waals surface area (Å²) in [6, 6.07) is 14.5. The molecule has 2 unspecified atom stereocenters. The standard InChI is InChI=1S/C23H24N2O5/c1-14(22(27)28)24-21(26)20-11-6-12-25(20)23(29)30-13-19-17-9-4-2-7-15(17)16-8-3-5-10-18(16)19/h2-5,7-10,14,19-20H,6,11-13H2,1H3,(H,24,26)(H,27,28). The molecular weight excluding hydrogens is 384 g/mol. The number of amides is 2. The highest BCUT2D eigenvalue weighted by Gasteiger charge is 2.37. The number of carbonyl (C=O) groups is 3. The molecule has 30 heavy (non-hydrogen) atoms. The lowest BCUT2D eigenvalue weighted by atomic mass is 9.98. The molecule has 4 rings (SSSR count). The van der Waals surface area contributed by atoms with Crippen molar-refractivity contribution in [3.63, 3.8) is 0 Å². The average Bonchev–Trinajstić information content (AvgIpc) is 3.35. The Balaban J connectivity index is 1.45. The van der Waals surface area contributed by atoms with E-state index >= 15 is 0 Å². The summed E-state index contributed by atoms with van der Waals surface area (Å²) in [5, 5.41) is 11.4. The molecule has 2 aliphatic rings. The van der Waals surface area contributed by atoms with Gasteiger partial charge in [-0.05, 0) is 42.0 Å². The van der Waals surface area contributed by atoms with E-state index in [-0.39, 0.29) is 12.5 Å². The van der Waals surface area contributed by atoms with Gasteiger partial charge >= 0.3 is 12.1 Å². The molecule has 2 aromatic rings. The Labute approximate surface area is 174 Å². The van der Waals surface area contributed by atoms with Gasteiger partial charge in [-0.25, -0.2) is 4.79 Å². The molecule has 2 amide bonds. The third kappa shape index (κ3) is 3.63. The van der Waals surface area contributed by atoms with Crippen LogP contribution in [0.1, 0.15) is 36.8 Å². The number of fused-ring (bicyclic) bond motifs is 3. The second-order valence-electron chi connectivity index (χ2n) is 7.72. The van der Waals surface area contributed by atoms with E-state index in [1.807, 2.05) is 36.4 Å². The SMILES string of the molecule is CC(NC(=O)C1CCCN1C(=O)OCC1c2ccccc2-c2ccccc21)C(=O)O. The molecule has 7 heteroatoms. The summed E-state index contributed by atoms with van der Waals surface area (Å²) >= 11 is 0. The second kappa shape index (κ2) is 8.18. The summed E-state index contributed by atoms with van der Waals surface area (Å²) < 4.78 is 5.65. The topological polar surface area (TPSA) is 95.9 Å². The predicted octanol–water partition coefficient (Wildman–Crippen LogP) is 2.99. The fourth-order valence-electron chi connectivity index (χ4n) is 4.31. The summed E-state index contributed by atoms with van der Waals surface area (Å²) in [5.74, 6) is -1.63. The van der Waals surface area contributed by atoms with Crippen LogP contribution in [0.15, 0.2) is 48.5 Å². The van der Waals surface area contributed by atoms with E-state index in [1.54, 1.807) is 0 Å². The van der Waals surface area contributed by atoms with E-state index < -0.39 is 30.1 Å². The van der Waals surface area contributed by atoms with Crippen molar-refractivity contribution >= 4 is 18.0 Å².